The van der Waals surface area contributed by atoms with E-state index in [1.807, 2.05) is 0 Å². The van der Waals surface area contributed by atoms with Gasteiger partial charge in [0, 0.05) is 0 Å². The molecule has 0 bridgehead atoms. The Morgan fingerprint density at radius 3 is 2.69 bits per heavy atom. The van der Waals surface area contributed by atoms with E-state index >= 15 is 0 Å². The molecule has 13 heavy (non-hydrogen) atoms. The average Bonchev–Trinajstić information content (AvgIpc) is 2.03. The lowest BCUT2D eigenvalue weighted by Gasteiger charge is -2.11. The molecule has 0 fully saturated rings. The van der Waals surface area contributed by atoms with Crippen LogP contribution in [0, 0.1) is 0 Å². The first-order valence-corrected chi connectivity index (χ1v) is 3.86. The third-order valence-electron chi connectivity index (χ3n) is 1.43. The van der Waals surface area contributed by atoms with Crippen molar-refractivity contribution in [3.8, 4) is 5.75 Å². The van der Waals surface area contributed by atoms with Crippen LogP contribution in [0.2, 0.25) is 0 Å². The molecule has 0 aromatic heterocycles. The van der Waals surface area contributed by atoms with Crippen molar-refractivity contribution >= 4 is 5.97 Å². The fourth-order valence-corrected chi connectivity index (χ4v) is 0.946. The second-order valence-electron chi connectivity index (χ2n) is 2.62. The number of aromatic carboxylic acids is 1. The number of hydrogen-bond acceptors (Lipinski definition) is 3. The average molecular weight is 181 g/mol. The second kappa shape index (κ2) is 3.91. The standard InChI is InChI=1S/C9H11NO3/c1-6(10)13-8-5-3-2-4-7(8)9(11)12/h2-6H,10H2,1H3,(H,11,12). The van der Waals surface area contributed by atoms with E-state index in [1.54, 1.807) is 25.1 Å². The highest BCUT2D eigenvalue weighted by Gasteiger charge is 2.10. The number of hydrogen-bond donors (Lipinski definition) is 2. The summed E-state index contributed by atoms with van der Waals surface area (Å²) in [6.07, 6.45) is -0.513. The molecule has 1 aromatic rings. The van der Waals surface area contributed by atoms with Crippen LogP contribution in [-0.4, -0.2) is 17.3 Å². The Morgan fingerprint density at radius 2 is 2.15 bits per heavy atom. The molecule has 0 heterocycles. The molecule has 4 nitrogen and oxygen atoms in total. The summed E-state index contributed by atoms with van der Waals surface area (Å²) < 4.78 is 5.10. The lowest BCUT2D eigenvalue weighted by molar-refractivity contribution is 0.0690. The van der Waals surface area contributed by atoms with Gasteiger partial charge in [-0.05, 0) is 19.1 Å². The van der Waals surface area contributed by atoms with Gasteiger partial charge < -0.3 is 9.84 Å². The normalized spacial score (nSPS) is 12.2. The van der Waals surface area contributed by atoms with Gasteiger partial charge in [0.1, 0.15) is 17.5 Å². The maximum atomic E-state index is 10.7. The Balaban J connectivity index is 2.98. The maximum absolute atomic E-state index is 10.7. The molecule has 0 aliphatic heterocycles. The molecule has 0 radical (unpaired) electrons. The van der Waals surface area contributed by atoms with Crippen molar-refractivity contribution < 1.29 is 14.6 Å². The number of para-hydroxylation sites is 1. The minimum atomic E-state index is -1.02. The van der Waals surface area contributed by atoms with E-state index < -0.39 is 12.2 Å². The summed E-state index contributed by atoms with van der Waals surface area (Å²) in [6, 6.07) is 6.38. The molecule has 0 aliphatic rings. The van der Waals surface area contributed by atoms with Crippen LogP contribution in [0.15, 0.2) is 24.3 Å². The Labute approximate surface area is 75.9 Å². The van der Waals surface area contributed by atoms with E-state index in [0.29, 0.717) is 5.75 Å². The molecular formula is C9H11NO3. The smallest absolute Gasteiger partial charge is 0.339 e. The van der Waals surface area contributed by atoms with Gasteiger partial charge in [0.15, 0.2) is 0 Å². The molecular weight excluding hydrogens is 170 g/mol. The van der Waals surface area contributed by atoms with Crippen molar-refractivity contribution in [2.24, 2.45) is 5.73 Å². The molecule has 1 unspecified atom stereocenters. The van der Waals surface area contributed by atoms with Gasteiger partial charge >= 0.3 is 5.97 Å². The fourth-order valence-electron chi connectivity index (χ4n) is 0.946. The highest BCUT2D eigenvalue weighted by molar-refractivity contribution is 5.90. The summed E-state index contributed by atoms with van der Waals surface area (Å²) in [5.74, 6) is -0.721. The molecule has 0 amide bonds. The predicted octanol–water partition coefficient (Wildman–Crippen LogP) is 1.07. The van der Waals surface area contributed by atoms with Crippen LogP contribution in [0.1, 0.15) is 17.3 Å². The molecule has 4 heteroatoms. The molecule has 70 valence electrons. The van der Waals surface area contributed by atoms with Crippen molar-refractivity contribution in [3.63, 3.8) is 0 Å². The van der Waals surface area contributed by atoms with Crippen LogP contribution < -0.4 is 10.5 Å². The Bertz CT molecular complexity index is 309. The number of carboxylic acids is 1. The van der Waals surface area contributed by atoms with E-state index in [-0.39, 0.29) is 5.56 Å². The van der Waals surface area contributed by atoms with Gasteiger partial charge in [-0.3, -0.25) is 5.73 Å². The van der Waals surface area contributed by atoms with Crippen LogP contribution in [0.5, 0.6) is 5.75 Å². The summed E-state index contributed by atoms with van der Waals surface area (Å²) in [6.45, 7) is 1.64. The monoisotopic (exact) mass is 181 g/mol. The third kappa shape index (κ3) is 2.45. The summed E-state index contributed by atoms with van der Waals surface area (Å²) >= 11 is 0. The number of nitrogens with two attached hydrogens (primary N) is 1. The lowest BCUT2D eigenvalue weighted by atomic mass is 10.2. The van der Waals surface area contributed by atoms with E-state index in [0.717, 1.165) is 0 Å². The number of rotatable bonds is 3. The van der Waals surface area contributed by atoms with E-state index in [4.69, 9.17) is 15.6 Å². The highest BCUT2D eigenvalue weighted by Crippen LogP contribution is 2.18. The van der Waals surface area contributed by atoms with Gasteiger partial charge in [0.2, 0.25) is 0 Å². The van der Waals surface area contributed by atoms with Crippen LogP contribution >= 0.6 is 0 Å². The number of benzene rings is 1. The first-order chi connectivity index (χ1) is 6.11. The first-order valence-electron chi connectivity index (χ1n) is 3.86. The van der Waals surface area contributed by atoms with Gasteiger partial charge in [0.05, 0.1) is 0 Å². The van der Waals surface area contributed by atoms with Crippen LogP contribution in [0.3, 0.4) is 0 Å². The van der Waals surface area contributed by atoms with Crippen molar-refractivity contribution in [2.75, 3.05) is 0 Å². The number of ether oxygens (including phenoxy) is 1. The molecule has 1 aromatic carbocycles. The van der Waals surface area contributed by atoms with Crippen LogP contribution in [0.25, 0.3) is 0 Å². The zero-order chi connectivity index (χ0) is 9.84. The predicted molar refractivity (Wildman–Crippen MR) is 47.7 cm³/mol. The minimum Gasteiger partial charge on any atom is -0.478 e. The molecule has 0 spiro atoms. The summed E-state index contributed by atoms with van der Waals surface area (Å²) in [5, 5.41) is 8.76. The maximum Gasteiger partial charge on any atom is 0.339 e. The van der Waals surface area contributed by atoms with Gasteiger partial charge in [-0.15, -0.1) is 0 Å². The van der Waals surface area contributed by atoms with Crippen LogP contribution in [-0.2, 0) is 0 Å². The summed E-state index contributed by atoms with van der Waals surface area (Å²) in [5.41, 5.74) is 5.50. The quantitative estimate of drug-likeness (QED) is 0.684. The summed E-state index contributed by atoms with van der Waals surface area (Å²) in [7, 11) is 0. The first kappa shape index (κ1) is 9.54. The number of carboxylic acid groups (broad SMARTS) is 1. The van der Waals surface area contributed by atoms with E-state index in [9.17, 15) is 4.79 Å². The van der Waals surface area contributed by atoms with Crippen molar-refractivity contribution in [3.05, 3.63) is 29.8 Å². The molecule has 1 atom stereocenters. The lowest BCUT2D eigenvalue weighted by Crippen LogP contribution is -2.23. The Hall–Kier alpha value is -1.55. The molecule has 0 saturated carbocycles. The molecule has 0 saturated heterocycles. The summed E-state index contributed by atoms with van der Waals surface area (Å²) in [4.78, 5) is 10.7. The fraction of sp³-hybridized carbons (Fsp3) is 0.222. The van der Waals surface area contributed by atoms with Gasteiger partial charge in [-0.1, -0.05) is 12.1 Å². The molecule has 1 rings (SSSR count). The van der Waals surface area contributed by atoms with Gasteiger partial charge in [-0.25, -0.2) is 4.79 Å². The molecule has 0 aliphatic carbocycles. The van der Waals surface area contributed by atoms with E-state index in [2.05, 4.69) is 0 Å². The van der Waals surface area contributed by atoms with E-state index in [1.165, 1.54) is 6.07 Å². The SMILES string of the molecule is CC(N)Oc1ccccc1C(=O)O. The van der Waals surface area contributed by atoms with Crippen molar-refractivity contribution in [1.29, 1.82) is 0 Å². The van der Waals surface area contributed by atoms with Crippen molar-refractivity contribution in [1.82, 2.24) is 0 Å². The second-order valence-corrected chi connectivity index (χ2v) is 2.62. The van der Waals surface area contributed by atoms with Gasteiger partial charge in [0.25, 0.3) is 0 Å². The minimum absolute atomic E-state index is 0.125. The Kier molecular flexibility index (Phi) is 2.87. The zero-order valence-electron chi connectivity index (χ0n) is 7.23. The van der Waals surface area contributed by atoms with Crippen LogP contribution in [0.4, 0.5) is 0 Å². The Morgan fingerprint density at radius 1 is 1.54 bits per heavy atom. The van der Waals surface area contributed by atoms with Crippen molar-refractivity contribution in [2.45, 2.75) is 13.2 Å². The third-order valence-corrected chi connectivity index (χ3v) is 1.43. The largest absolute Gasteiger partial charge is 0.478 e. The number of carbonyl (C=O) groups is 1. The topological polar surface area (TPSA) is 72.5 Å². The van der Waals surface area contributed by atoms with Gasteiger partial charge in [-0.2, -0.15) is 0 Å². The molecule has 3 N–H and O–H groups in total. The zero-order valence-corrected chi connectivity index (χ0v) is 7.23. The highest BCUT2D eigenvalue weighted by atomic mass is 16.5.